The summed E-state index contributed by atoms with van der Waals surface area (Å²) in [4.78, 5) is 11.5. The average molecular weight is 266 g/mol. The summed E-state index contributed by atoms with van der Waals surface area (Å²) in [6, 6.07) is 16.6. The lowest BCUT2D eigenvalue weighted by molar-refractivity contribution is 0.0963. The Balaban J connectivity index is 1.75. The van der Waals surface area contributed by atoms with E-state index in [4.69, 9.17) is 0 Å². The maximum atomic E-state index is 11.5. The Hall–Kier alpha value is -2.29. The van der Waals surface area contributed by atoms with E-state index in [-0.39, 0.29) is 5.91 Å². The fraction of sp³-hybridized carbons (Fsp3) is 0.235. The van der Waals surface area contributed by atoms with Crippen molar-refractivity contribution < 1.29 is 4.79 Å². The Kier molecular flexibility index (Phi) is 3.42. The molecule has 0 aromatic heterocycles. The Morgan fingerprint density at radius 2 is 1.85 bits per heavy atom. The molecule has 1 unspecified atom stereocenters. The molecule has 2 aromatic carbocycles. The topological polar surface area (TPSA) is 41.1 Å². The molecule has 2 aromatic rings. The average Bonchev–Trinajstić information content (AvgIpc) is 2.91. The third-order valence-corrected chi connectivity index (χ3v) is 3.85. The first-order valence-corrected chi connectivity index (χ1v) is 6.94. The van der Waals surface area contributed by atoms with Crippen molar-refractivity contribution in [3.63, 3.8) is 0 Å². The first-order valence-electron chi connectivity index (χ1n) is 6.94. The number of hydrogen-bond donors (Lipinski definition) is 2. The molecule has 1 atom stereocenters. The minimum Gasteiger partial charge on any atom is -0.378 e. The highest BCUT2D eigenvalue weighted by atomic mass is 16.1. The molecule has 0 fully saturated rings. The molecule has 0 spiro atoms. The molecule has 0 heterocycles. The lowest BCUT2D eigenvalue weighted by Crippen LogP contribution is -2.17. The molecule has 0 radical (unpaired) electrons. The maximum Gasteiger partial charge on any atom is 0.251 e. The number of nitrogens with one attached hydrogen (secondary N) is 2. The van der Waals surface area contributed by atoms with Crippen molar-refractivity contribution in [3.05, 3.63) is 65.2 Å². The zero-order valence-electron chi connectivity index (χ0n) is 11.5. The summed E-state index contributed by atoms with van der Waals surface area (Å²) in [5.41, 5.74) is 4.57. The van der Waals surface area contributed by atoms with Crippen LogP contribution in [0.25, 0.3) is 0 Å². The summed E-state index contributed by atoms with van der Waals surface area (Å²) in [6.45, 7) is 0. The van der Waals surface area contributed by atoms with Gasteiger partial charge < -0.3 is 10.6 Å². The fourth-order valence-corrected chi connectivity index (χ4v) is 2.77. The Labute approximate surface area is 119 Å². The summed E-state index contributed by atoms with van der Waals surface area (Å²) in [5.74, 6) is -0.0530. The van der Waals surface area contributed by atoms with E-state index in [9.17, 15) is 4.79 Å². The molecule has 2 N–H and O–H groups in total. The van der Waals surface area contributed by atoms with E-state index in [0.29, 0.717) is 11.6 Å². The van der Waals surface area contributed by atoms with Crippen molar-refractivity contribution in [2.24, 2.45) is 0 Å². The molecule has 3 heteroatoms. The van der Waals surface area contributed by atoms with Gasteiger partial charge in [-0.15, -0.1) is 0 Å². The summed E-state index contributed by atoms with van der Waals surface area (Å²) < 4.78 is 0. The van der Waals surface area contributed by atoms with E-state index in [2.05, 4.69) is 34.9 Å². The lowest BCUT2D eigenvalue weighted by atomic mass is 10.1. The van der Waals surface area contributed by atoms with Gasteiger partial charge in [-0.05, 0) is 48.2 Å². The van der Waals surface area contributed by atoms with Crippen LogP contribution in [0.1, 0.15) is 33.9 Å². The van der Waals surface area contributed by atoms with Crippen LogP contribution in [-0.2, 0) is 6.42 Å². The van der Waals surface area contributed by atoms with Crippen LogP contribution in [0, 0.1) is 0 Å². The largest absolute Gasteiger partial charge is 0.378 e. The summed E-state index contributed by atoms with van der Waals surface area (Å²) in [6.07, 6.45) is 2.25. The van der Waals surface area contributed by atoms with E-state index in [1.165, 1.54) is 11.1 Å². The highest BCUT2D eigenvalue weighted by molar-refractivity contribution is 5.94. The second-order valence-corrected chi connectivity index (χ2v) is 5.09. The molecule has 102 valence electrons. The summed E-state index contributed by atoms with van der Waals surface area (Å²) >= 11 is 0. The fourth-order valence-electron chi connectivity index (χ4n) is 2.77. The van der Waals surface area contributed by atoms with Gasteiger partial charge in [0, 0.05) is 18.3 Å². The normalized spacial score (nSPS) is 16.6. The van der Waals surface area contributed by atoms with Crippen molar-refractivity contribution in [2.75, 3.05) is 12.4 Å². The van der Waals surface area contributed by atoms with Gasteiger partial charge >= 0.3 is 0 Å². The number of amides is 1. The molecule has 3 rings (SSSR count). The van der Waals surface area contributed by atoms with Crippen LogP contribution < -0.4 is 10.6 Å². The van der Waals surface area contributed by atoms with Gasteiger partial charge in [0.25, 0.3) is 5.91 Å². The van der Waals surface area contributed by atoms with E-state index >= 15 is 0 Å². The molecule has 0 saturated carbocycles. The molecule has 3 nitrogen and oxygen atoms in total. The van der Waals surface area contributed by atoms with Crippen LogP contribution >= 0.6 is 0 Å². The summed E-state index contributed by atoms with van der Waals surface area (Å²) in [5, 5.41) is 6.18. The number of benzene rings is 2. The molecule has 0 aliphatic heterocycles. The minimum atomic E-state index is -0.0530. The molecular weight excluding hydrogens is 248 g/mol. The van der Waals surface area contributed by atoms with Gasteiger partial charge in [-0.25, -0.2) is 0 Å². The van der Waals surface area contributed by atoms with Crippen LogP contribution in [0.4, 0.5) is 5.69 Å². The highest BCUT2D eigenvalue weighted by Crippen LogP contribution is 2.33. The molecule has 20 heavy (non-hydrogen) atoms. The number of aryl methyl sites for hydroxylation is 1. The first kappa shape index (κ1) is 12.7. The molecule has 1 amide bonds. The van der Waals surface area contributed by atoms with Gasteiger partial charge in [-0.1, -0.05) is 24.3 Å². The van der Waals surface area contributed by atoms with Crippen molar-refractivity contribution in [1.29, 1.82) is 0 Å². The maximum absolute atomic E-state index is 11.5. The van der Waals surface area contributed by atoms with Gasteiger partial charge in [-0.2, -0.15) is 0 Å². The predicted octanol–water partition coefficient (Wildman–Crippen LogP) is 3.15. The van der Waals surface area contributed by atoms with Crippen molar-refractivity contribution in [1.82, 2.24) is 5.32 Å². The number of carbonyl (C=O) groups excluding carboxylic acids is 1. The second-order valence-electron chi connectivity index (χ2n) is 5.09. The monoisotopic (exact) mass is 266 g/mol. The Morgan fingerprint density at radius 1 is 1.10 bits per heavy atom. The van der Waals surface area contributed by atoms with Crippen molar-refractivity contribution in [2.45, 2.75) is 18.9 Å². The van der Waals surface area contributed by atoms with Gasteiger partial charge in [0.1, 0.15) is 0 Å². The number of anilines is 1. The third kappa shape index (κ3) is 2.39. The van der Waals surface area contributed by atoms with Gasteiger partial charge in [0.2, 0.25) is 0 Å². The zero-order chi connectivity index (χ0) is 13.9. The van der Waals surface area contributed by atoms with Gasteiger partial charge in [0.05, 0.1) is 6.04 Å². The van der Waals surface area contributed by atoms with E-state index in [1.54, 1.807) is 7.05 Å². The first-order chi connectivity index (χ1) is 9.78. The molecule has 0 saturated heterocycles. The van der Waals surface area contributed by atoms with Crippen molar-refractivity contribution >= 4 is 11.6 Å². The minimum absolute atomic E-state index is 0.0530. The number of hydrogen-bond acceptors (Lipinski definition) is 2. The van der Waals surface area contributed by atoms with E-state index in [1.807, 2.05) is 24.3 Å². The summed E-state index contributed by atoms with van der Waals surface area (Å²) in [7, 11) is 1.64. The lowest BCUT2D eigenvalue weighted by Gasteiger charge is -2.15. The predicted molar refractivity (Wildman–Crippen MR) is 81.0 cm³/mol. The Bertz CT molecular complexity index is 619. The van der Waals surface area contributed by atoms with Crippen molar-refractivity contribution in [3.8, 4) is 0 Å². The van der Waals surface area contributed by atoms with Crippen LogP contribution in [-0.4, -0.2) is 13.0 Å². The standard InChI is InChI=1S/C17H18N2O/c1-18-17(20)13-6-9-14(10-7-13)19-16-11-8-12-4-2-3-5-15(12)16/h2-7,9-10,16,19H,8,11H2,1H3,(H,18,20). The number of carbonyl (C=O) groups is 1. The van der Waals surface area contributed by atoms with E-state index in [0.717, 1.165) is 18.5 Å². The van der Waals surface area contributed by atoms with Crippen LogP contribution in [0.5, 0.6) is 0 Å². The SMILES string of the molecule is CNC(=O)c1ccc(NC2CCc3ccccc32)cc1. The molecular formula is C17H18N2O. The zero-order valence-corrected chi connectivity index (χ0v) is 11.5. The van der Waals surface area contributed by atoms with Crippen LogP contribution in [0.2, 0.25) is 0 Å². The quantitative estimate of drug-likeness (QED) is 0.896. The number of fused-ring (bicyclic) bond motifs is 1. The van der Waals surface area contributed by atoms with Gasteiger partial charge in [0.15, 0.2) is 0 Å². The molecule has 1 aliphatic carbocycles. The molecule has 1 aliphatic rings. The van der Waals surface area contributed by atoms with Crippen LogP contribution in [0.15, 0.2) is 48.5 Å². The van der Waals surface area contributed by atoms with E-state index < -0.39 is 0 Å². The highest BCUT2D eigenvalue weighted by Gasteiger charge is 2.21. The number of rotatable bonds is 3. The Morgan fingerprint density at radius 3 is 2.60 bits per heavy atom. The second kappa shape index (κ2) is 5.37. The van der Waals surface area contributed by atoms with Gasteiger partial charge in [-0.3, -0.25) is 4.79 Å². The van der Waals surface area contributed by atoms with Crippen LogP contribution in [0.3, 0.4) is 0 Å². The molecule has 0 bridgehead atoms. The third-order valence-electron chi connectivity index (χ3n) is 3.85. The smallest absolute Gasteiger partial charge is 0.251 e.